The van der Waals surface area contributed by atoms with Crippen LogP contribution in [-0.4, -0.2) is 17.7 Å². The van der Waals surface area contributed by atoms with E-state index in [1.165, 1.54) is 6.07 Å². The predicted molar refractivity (Wildman–Crippen MR) is 52.9 cm³/mol. The molecule has 0 amide bonds. The first-order chi connectivity index (χ1) is 6.68. The smallest absolute Gasteiger partial charge is 0.339 e. The van der Waals surface area contributed by atoms with Crippen LogP contribution in [0.4, 0.5) is 0 Å². The van der Waals surface area contributed by atoms with Gasteiger partial charge in [-0.15, -0.1) is 0 Å². The Balaban J connectivity index is 2.65. The lowest BCUT2D eigenvalue weighted by molar-refractivity contribution is 0.0692. The van der Waals surface area contributed by atoms with Crippen LogP contribution in [0.2, 0.25) is 5.02 Å². The number of carboxylic acids is 1. The zero-order valence-corrected chi connectivity index (χ0v) is 7.91. The standard InChI is InChI=1S/C10H7ClO3/c11-7-4-6-2-1-3-14-9(6)8(5-7)10(12)13/h1-2,4-5H,3H2,(H,12,13). The quantitative estimate of drug-likeness (QED) is 0.775. The minimum Gasteiger partial charge on any atom is -0.488 e. The van der Waals surface area contributed by atoms with Gasteiger partial charge in [0.25, 0.3) is 0 Å². The van der Waals surface area contributed by atoms with Crippen molar-refractivity contribution >= 4 is 23.6 Å². The molecule has 1 aliphatic rings. The van der Waals surface area contributed by atoms with Crippen molar-refractivity contribution in [2.75, 3.05) is 6.61 Å². The molecule has 0 aliphatic carbocycles. The molecule has 72 valence electrons. The number of rotatable bonds is 1. The lowest BCUT2D eigenvalue weighted by atomic mass is 10.1. The lowest BCUT2D eigenvalue weighted by Crippen LogP contribution is -2.07. The number of fused-ring (bicyclic) bond motifs is 1. The maximum absolute atomic E-state index is 10.9. The Bertz CT molecular complexity index is 424. The van der Waals surface area contributed by atoms with Crippen molar-refractivity contribution in [2.24, 2.45) is 0 Å². The fourth-order valence-corrected chi connectivity index (χ4v) is 1.59. The van der Waals surface area contributed by atoms with E-state index < -0.39 is 5.97 Å². The second kappa shape index (κ2) is 3.35. The molecular weight excluding hydrogens is 204 g/mol. The van der Waals surface area contributed by atoms with Crippen LogP contribution in [0.3, 0.4) is 0 Å². The molecule has 0 fully saturated rings. The molecule has 3 nitrogen and oxygen atoms in total. The normalized spacial score (nSPS) is 13.2. The van der Waals surface area contributed by atoms with E-state index in [-0.39, 0.29) is 5.56 Å². The van der Waals surface area contributed by atoms with Gasteiger partial charge in [0.2, 0.25) is 0 Å². The number of hydrogen-bond donors (Lipinski definition) is 1. The van der Waals surface area contributed by atoms with Crippen molar-refractivity contribution in [2.45, 2.75) is 0 Å². The third-order valence-corrected chi connectivity index (χ3v) is 2.15. The van der Waals surface area contributed by atoms with Crippen LogP contribution in [-0.2, 0) is 0 Å². The maximum atomic E-state index is 10.9. The van der Waals surface area contributed by atoms with E-state index >= 15 is 0 Å². The Morgan fingerprint density at radius 1 is 1.50 bits per heavy atom. The van der Waals surface area contributed by atoms with Crippen molar-refractivity contribution in [3.05, 3.63) is 34.4 Å². The van der Waals surface area contributed by atoms with Crippen LogP contribution in [0.25, 0.3) is 6.08 Å². The van der Waals surface area contributed by atoms with Gasteiger partial charge in [0.05, 0.1) is 0 Å². The summed E-state index contributed by atoms with van der Waals surface area (Å²) < 4.78 is 5.24. The van der Waals surface area contributed by atoms with Crippen molar-refractivity contribution in [3.8, 4) is 5.75 Å². The van der Waals surface area contributed by atoms with Gasteiger partial charge in [-0.3, -0.25) is 0 Å². The lowest BCUT2D eigenvalue weighted by Gasteiger charge is -2.14. The summed E-state index contributed by atoms with van der Waals surface area (Å²) in [4.78, 5) is 10.9. The molecule has 1 aromatic carbocycles. The molecule has 0 unspecified atom stereocenters. The van der Waals surface area contributed by atoms with Crippen molar-refractivity contribution < 1.29 is 14.6 Å². The minimum absolute atomic E-state index is 0.108. The number of aromatic carboxylic acids is 1. The van der Waals surface area contributed by atoms with Crippen molar-refractivity contribution in [3.63, 3.8) is 0 Å². The summed E-state index contributed by atoms with van der Waals surface area (Å²) in [5.74, 6) is -0.636. The number of ether oxygens (including phenoxy) is 1. The van der Waals surface area contributed by atoms with Gasteiger partial charge >= 0.3 is 5.97 Å². The molecular formula is C10H7ClO3. The maximum Gasteiger partial charge on any atom is 0.339 e. The van der Waals surface area contributed by atoms with Gasteiger partial charge in [0.15, 0.2) is 0 Å². The number of halogens is 1. The van der Waals surface area contributed by atoms with Crippen LogP contribution < -0.4 is 4.74 Å². The van der Waals surface area contributed by atoms with Crippen molar-refractivity contribution in [1.82, 2.24) is 0 Å². The van der Waals surface area contributed by atoms with E-state index in [4.69, 9.17) is 21.4 Å². The van der Waals surface area contributed by atoms with E-state index in [1.807, 2.05) is 6.08 Å². The molecule has 4 heteroatoms. The molecule has 0 spiro atoms. The van der Waals surface area contributed by atoms with Gasteiger partial charge in [0, 0.05) is 10.6 Å². The average Bonchev–Trinajstić information content (AvgIpc) is 2.16. The summed E-state index contributed by atoms with van der Waals surface area (Å²) in [6, 6.07) is 3.07. The van der Waals surface area contributed by atoms with Gasteiger partial charge in [0.1, 0.15) is 17.9 Å². The number of carbonyl (C=O) groups is 1. The molecule has 14 heavy (non-hydrogen) atoms. The molecule has 0 atom stereocenters. The number of carboxylic acid groups (broad SMARTS) is 1. The Kier molecular flexibility index (Phi) is 2.17. The van der Waals surface area contributed by atoms with Gasteiger partial charge in [-0.2, -0.15) is 0 Å². The Morgan fingerprint density at radius 2 is 2.29 bits per heavy atom. The Morgan fingerprint density at radius 3 is 3.00 bits per heavy atom. The Labute approximate surface area is 85.6 Å². The van der Waals surface area contributed by atoms with Gasteiger partial charge < -0.3 is 9.84 Å². The summed E-state index contributed by atoms with van der Waals surface area (Å²) in [5.41, 5.74) is 0.818. The predicted octanol–water partition coefficient (Wildman–Crippen LogP) is 2.44. The van der Waals surface area contributed by atoms with E-state index in [9.17, 15) is 4.79 Å². The highest BCUT2D eigenvalue weighted by Crippen LogP contribution is 2.31. The fraction of sp³-hybridized carbons (Fsp3) is 0.100. The van der Waals surface area contributed by atoms with Crippen molar-refractivity contribution in [1.29, 1.82) is 0 Å². The number of hydrogen-bond acceptors (Lipinski definition) is 2. The molecule has 1 N–H and O–H groups in total. The topological polar surface area (TPSA) is 46.5 Å². The van der Waals surface area contributed by atoms with E-state index in [0.717, 1.165) is 0 Å². The molecule has 0 saturated carbocycles. The monoisotopic (exact) mass is 210 g/mol. The summed E-state index contributed by atoms with van der Waals surface area (Å²) in [6.07, 6.45) is 3.61. The van der Waals surface area contributed by atoms with Crippen LogP contribution in [0.15, 0.2) is 18.2 Å². The van der Waals surface area contributed by atoms with Crippen LogP contribution >= 0.6 is 11.6 Å². The second-order valence-corrected chi connectivity index (χ2v) is 3.33. The van der Waals surface area contributed by atoms with Gasteiger partial charge in [-0.1, -0.05) is 17.7 Å². The summed E-state index contributed by atoms with van der Waals surface area (Å²) in [7, 11) is 0. The molecule has 0 bridgehead atoms. The molecule has 0 saturated heterocycles. The first kappa shape index (κ1) is 9.09. The average molecular weight is 211 g/mol. The molecule has 1 aliphatic heterocycles. The third-order valence-electron chi connectivity index (χ3n) is 1.93. The fourth-order valence-electron chi connectivity index (χ4n) is 1.36. The summed E-state index contributed by atoms with van der Waals surface area (Å²) in [6.45, 7) is 0.398. The van der Waals surface area contributed by atoms with Crippen LogP contribution in [0.5, 0.6) is 5.75 Å². The molecule has 2 rings (SSSR count). The first-order valence-electron chi connectivity index (χ1n) is 4.04. The van der Waals surface area contributed by atoms with E-state index in [1.54, 1.807) is 12.1 Å². The zero-order chi connectivity index (χ0) is 10.1. The highest BCUT2D eigenvalue weighted by Gasteiger charge is 2.17. The SMILES string of the molecule is O=C(O)c1cc(Cl)cc2c1OCC=C2. The van der Waals surface area contributed by atoms with E-state index in [2.05, 4.69) is 0 Å². The minimum atomic E-state index is -1.03. The zero-order valence-electron chi connectivity index (χ0n) is 7.16. The first-order valence-corrected chi connectivity index (χ1v) is 4.42. The molecule has 0 radical (unpaired) electrons. The summed E-state index contributed by atoms with van der Waals surface area (Å²) >= 11 is 5.77. The molecule has 1 heterocycles. The third kappa shape index (κ3) is 1.46. The Hall–Kier alpha value is -1.48. The van der Waals surface area contributed by atoms with Crippen LogP contribution in [0.1, 0.15) is 15.9 Å². The van der Waals surface area contributed by atoms with Crippen LogP contribution in [0, 0.1) is 0 Å². The highest BCUT2D eigenvalue weighted by atomic mass is 35.5. The summed E-state index contributed by atoms with van der Waals surface area (Å²) in [5, 5.41) is 9.30. The number of benzene rings is 1. The van der Waals surface area contributed by atoms with E-state index in [0.29, 0.717) is 22.9 Å². The molecule has 1 aromatic rings. The van der Waals surface area contributed by atoms with Gasteiger partial charge in [-0.25, -0.2) is 4.79 Å². The molecule has 0 aromatic heterocycles. The second-order valence-electron chi connectivity index (χ2n) is 2.89. The largest absolute Gasteiger partial charge is 0.488 e. The van der Waals surface area contributed by atoms with Gasteiger partial charge in [-0.05, 0) is 18.2 Å². The highest BCUT2D eigenvalue weighted by molar-refractivity contribution is 6.31.